The highest BCUT2D eigenvalue weighted by molar-refractivity contribution is 5.97. The number of rotatable bonds is 6. The summed E-state index contributed by atoms with van der Waals surface area (Å²) in [5.74, 6) is -0.646. The van der Waals surface area contributed by atoms with Crippen LogP contribution < -0.4 is 10.7 Å². The minimum absolute atomic E-state index is 0.00765. The first-order valence-corrected chi connectivity index (χ1v) is 9.66. The summed E-state index contributed by atoms with van der Waals surface area (Å²) in [4.78, 5) is 34.7. The molecule has 2 aromatic rings. The molecule has 0 heterocycles. The fourth-order valence-corrected chi connectivity index (χ4v) is 3.30. The van der Waals surface area contributed by atoms with Crippen LogP contribution in [-0.2, 0) is 4.79 Å². The van der Waals surface area contributed by atoms with E-state index in [1.54, 1.807) is 24.3 Å². The van der Waals surface area contributed by atoms with Gasteiger partial charge in [0.25, 0.3) is 11.6 Å². The van der Waals surface area contributed by atoms with Gasteiger partial charge >= 0.3 is 0 Å². The molecule has 0 aromatic heterocycles. The Morgan fingerprint density at radius 1 is 1.10 bits per heavy atom. The van der Waals surface area contributed by atoms with E-state index in [0.717, 1.165) is 38.0 Å². The van der Waals surface area contributed by atoms with Crippen LogP contribution in [0.5, 0.6) is 5.75 Å². The molecule has 9 nitrogen and oxygen atoms in total. The van der Waals surface area contributed by atoms with Crippen molar-refractivity contribution in [3.63, 3.8) is 0 Å². The van der Waals surface area contributed by atoms with Crippen molar-refractivity contribution in [2.75, 3.05) is 5.32 Å². The fourth-order valence-electron chi connectivity index (χ4n) is 3.30. The van der Waals surface area contributed by atoms with Crippen molar-refractivity contribution in [3.05, 3.63) is 63.7 Å². The lowest BCUT2D eigenvalue weighted by Gasteiger charge is -2.20. The van der Waals surface area contributed by atoms with E-state index in [-0.39, 0.29) is 28.8 Å². The molecule has 0 bridgehead atoms. The molecular weight excluding hydrogens is 388 g/mol. The maximum absolute atomic E-state index is 12.3. The maximum Gasteiger partial charge on any atom is 0.271 e. The summed E-state index contributed by atoms with van der Waals surface area (Å²) in [6, 6.07) is 9.91. The largest absolute Gasteiger partial charge is 0.507 e. The van der Waals surface area contributed by atoms with E-state index >= 15 is 0 Å². The lowest BCUT2D eigenvalue weighted by molar-refractivity contribution is -0.384. The van der Waals surface area contributed by atoms with E-state index in [0.29, 0.717) is 11.3 Å². The SMILES string of the molecule is O=C(NN=Cc1cc([N+](=O)[O-])ccc1O)c1ccc(NC(=O)C2CCCCC2)cc1. The number of phenols is 1. The molecule has 156 valence electrons. The average Bonchev–Trinajstić information content (AvgIpc) is 2.76. The molecule has 0 aliphatic heterocycles. The summed E-state index contributed by atoms with van der Waals surface area (Å²) in [6.45, 7) is 0. The molecule has 3 N–H and O–H groups in total. The van der Waals surface area contributed by atoms with Crippen LogP contribution in [0.25, 0.3) is 0 Å². The third kappa shape index (κ3) is 5.40. The molecule has 2 amide bonds. The number of amides is 2. The van der Waals surface area contributed by atoms with E-state index < -0.39 is 10.8 Å². The summed E-state index contributed by atoms with van der Waals surface area (Å²) < 4.78 is 0. The van der Waals surface area contributed by atoms with Crippen LogP contribution in [0.2, 0.25) is 0 Å². The molecule has 0 radical (unpaired) electrons. The lowest BCUT2D eigenvalue weighted by atomic mass is 9.88. The van der Waals surface area contributed by atoms with Crippen LogP contribution in [0.1, 0.15) is 48.0 Å². The van der Waals surface area contributed by atoms with Crippen molar-refractivity contribution < 1.29 is 19.6 Å². The predicted molar refractivity (Wildman–Crippen MR) is 111 cm³/mol. The number of aromatic hydroxyl groups is 1. The van der Waals surface area contributed by atoms with Gasteiger partial charge in [-0.05, 0) is 43.2 Å². The van der Waals surface area contributed by atoms with E-state index in [4.69, 9.17) is 0 Å². The van der Waals surface area contributed by atoms with E-state index in [1.807, 2.05) is 0 Å². The first-order valence-electron chi connectivity index (χ1n) is 9.66. The summed E-state index contributed by atoms with van der Waals surface area (Å²) in [5, 5.41) is 27.1. The van der Waals surface area contributed by atoms with Gasteiger partial charge in [-0.3, -0.25) is 19.7 Å². The van der Waals surface area contributed by atoms with Gasteiger partial charge in [0.2, 0.25) is 5.91 Å². The van der Waals surface area contributed by atoms with Crippen LogP contribution in [-0.4, -0.2) is 28.1 Å². The number of nitrogens with one attached hydrogen (secondary N) is 2. The highest BCUT2D eigenvalue weighted by Gasteiger charge is 2.21. The van der Waals surface area contributed by atoms with Crippen LogP contribution >= 0.6 is 0 Å². The summed E-state index contributed by atoms with van der Waals surface area (Å²) in [5.41, 5.74) is 3.14. The number of hydrogen-bond acceptors (Lipinski definition) is 6. The number of phenolic OH excluding ortho intramolecular Hbond substituents is 1. The van der Waals surface area contributed by atoms with Gasteiger partial charge in [0, 0.05) is 34.9 Å². The molecule has 9 heteroatoms. The number of nitro groups is 1. The molecule has 0 saturated heterocycles. The Labute approximate surface area is 173 Å². The van der Waals surface area contributed by atoms with E-state index in [1.165, 1.54) is 18.6 Å². The minimum atomic E-state index is -0.593. The molecule has 2 aromatic carbocycles. The molecule has 1 aliphatic carbocycles. The Balaban J connectivity index is 1.57. The number of anilines is 1. The quantitative estimate of drug-likeness (QED) is 0.380. The van der Waals surface area contributed by atoms with Crippen LogP contribution in [0, 0.1) is 16.0 Å². The highest BCUT2D eigenvalue weighted by atomic mass is 16.6. The summed E-state index contributed by atoms with van der Waals surface area (Å²) >= 11 is 0. The highest BCUT2D eigenvalue weighted by Crippen LogP contribution is 2.25. The van der Waals surface area contributed by atoms with Gasteiger partial charge in [0.15, 0.2) is 0 Å². The number of hydrazone groups is 1. The summed E-state index contributed by atoms with van der Waals surface area (Å²) in [7, 11) is 0. The van der Waals surface area contributed by atoms with Crippen molar-refractivity contribution in [2.24, 2.45) is 11.0 Å². The number of benzene rings is 2. The molecule has 1 saturated carbocycles. The number of hydrogen-bond donors (Lipinski definition) is 3. The van der Waals surface area contributed by atoms with Gasteiger partial charge in [0.05, 0.1) is 11.1 Å². The molecule has 1 aliphatic rings. The molecular formula is C21H22N4O5. The number of non-ortho nitro benzene ring substituents is 1. The molecule has 0 atom stereocenters. The lowest BCUT2D eigenvalue weighted by Crippen LogP contribution is -2.24. The van der Waals surface area contributed by atoms with Crippen molar-refractivity contribution in [3.8, 4) is 5.75 Å². The second-order valence-electron chi connectivity index (χ2n) is 7.10. The van der Waals surface area contributed by atoms with Crippen molar-refractivity contribution in [2.45, 2.75) is 32.1 Å². The minimum Gasteiger partial charge on any atom is -0.507 e. The zero-order chi connectivity index (χ0) is 21.5. The normalized spacial score (nSPS) is 14.4. The summed E-state index contributed by atoms with van der Waals surface area (Å²) in [6.07, 6.45) is 6.27. The van der Waals surface area contributed by atoms with Gasteiger partial charge < -0.3 is 10.4 Å². The molecule has 0 unspecified atom stereocenters. The predicted octanol–water partition coefficient (Wildman–Crippen LogP) is 3.58. The zero-order valence-electron chi connectivity index (χ0n) is 16.2. The Bertz CT molecular complexity index is 966. The third-order valence-electron chi connectivity index (χ3n) is 4.98. The molecule has 1 fully saturated rings. The number of carbonyl (C=O) groups is 2. The van der Waals surface area contributed by atoms with Crippen molar-refractivity contribution >= 4 is 29.4 Å². The van der Waals surface area contributed by atoms with Gasteiger partial charge in [-0.15, -0.1) is 0 Å². The number of nitro benzene ring substituents is 1. The first kappa shape index (κ1) is 21.0. The molecule has 3 rings (SSSR count). The Hall–Kier alpha value is -3.75. The third-order valence-corrected chi connectivity index (χ3v) is 4.98. The van der Waals surface area contributed by atoms with Crippen molar-refractivity contribution in [1.82, 2.24) is 5.43 Å². The second kappa shape index (κ2) is 9.64. The van der Waals surface area contributed by atoms with Gasteiger partial charge in [-0.2, -0.15) is 5.10 Å². The Morgan fingerprint density at radius 3 is 2.47 bits per heavy atom. The molecule has 0 spiro atoms. The van der Waals surface area contributed by atoms with Crippen LogP contribution in [0.3, 0.4) is 0 Å². The van der Waals surface area contributed by atoms with E-state index in [9.17, 15) is 24.8 Å². The maximum atomic E-state index is 12.3. The fraction of sp³-hybridized carbons (Fsp3) is 0.286. The monoisotopic (exact) mass is 410 g/mol. The topological polar surface area (TPSA) is 134 Å². The van der Waals surface area contributed by atoms with Gasteiger partial charge in [0.1, 0.15) is 5.75 Å². The Kier molecular flexibility index (Phi) is 6.74. The first-order chi connectivity index (χ1) is 14.4. The van der Waals surface area contributed by atoms with Crippen LogP contribution in [0.4, 0.5) is 11.4 Å². The number of nitrogens with zero attached hydrogens (tertiary/aromatic N) is 2. The van der Waals surface area contributed by atoms with Crippen molar-refractivity contribution in [1.29, 1.82) is 0 Å². The average molecular weight is 410 g/mol. The van der Waals surface area contributed by atoms with E-state index in [2.05, 4.69) is 15.8 Å². The Morgan fingerprint density at radius 2 is 1.80 bits per heavy atom. The second-order valence-corrected chi connectivity index (χ2v) is 7.10. The van der Waals surface area contributed by atoms with Gasteiger partial charge in [-0.1, -0.05) is 19.3 Å². The number of carbonyl (C=O) groups excluding carboxylic acids is 2. The molecule has 30 heavy (non-hydrogen) atoms. The smallest absolute Gasteiger partial charge is 0.271 e. The van der Waals surface area contributed by atoms with Crippen LogP contribution in [0.15, 0.2) is 47.6 Å². The van der Waals surface area contributed by atoms with Gasteiger partial charge in [-0.25, -0.2) is 5.43 Å². The standard InChI is InChI=1S/C21H22N4O5/c26-19-11-10-18(25(29)30)12-16(19)13-22-24-21(28)15-6-8-17(9-7-15)23-20(27)14-4-2-1-3-5-14/h6-14,26H,1-5H2,(H,23,27)(H,24,28). The zero-order valence-corrected chi connectivity index (χ0v) is 16.2.